The fourth-order valence-electron chi connectivity index (χ4n) is 3.49. The molecule has 0 saturated carbocycles. The molecule has 1 N–H and O–H groups in total. The predicted molar refractivity (Wildman–Crippen MR) is 107 cm³/mol. The number of para-hydroxylation sites is 1. The number of anilines is 1. The van der Waals surface area contributed by atoms with Gasteiger partial charge in [0.2, 0.25) is 0 Å². The molecule has 1 atom stereocenters. The van der Waals surface area contributed by atoms with Gasteiger partial charge < -0.3 is 5.32 Å². The van der Waals surface area contributed by atoms with Gasteiger partial charge in [-0.2, -0.15) is 0 Å². The summed E-state index contributed by atoms with van der Waals surface area (Å²) in [5, 5.41) is 4.35. The third-order valence-electron chi connectivity index (χ3n) is 4.78. The van der Waals surface area contributed by atoms with Gasteiger partial charge in [0.1, 0.15) is 0 Å². The van der Waals surface area contributed by atoms with Gasteiger partial charge in [0.15, 0.2) is 0 Å². The molecule has 0 spiro atoms. The molecule has 0 saturated heterocycles. The van der Waals surface area contributed by atoms with Crippen LogP contribution in [0.4, 0.5) is 5.69 Å². The lowest BCUT2D eigenvalue weighted by Crippen LogP contribution is -2.11. The second-order valence-electron chi connectivity index (χ2n) is 6.45. The molecule has 1 aliphatic rings. The molecule has 0 bridgehead atoms. The largest absolute Gasteiger partial charge is 0.381 e. The maximum absolute atomic E-state index is 6.03. The summed E-state index contributed by atoms with van der Waals surface area (Å²) in [4.78, 5) is 0. The van der Waals surface area contributed by atoms with Gasteiger partial charge >= 0.3 is 0 Å². The Morgan fingerprint density at radius 1 is 0.800 bits per heavy atom. The maximum Gasteiger partial charge on any atom is 0.0406 e. The molecule has 0 aliphatic heterocycles. The molecule has 3 aromatic carbocycles. The van der Waals surface area contributed by atoms with Crippen molar-refractivity contribution in [1.82, 2.24) is 0 Å². The van der Waals surface area contributed by atoms with E-state index in [9.17, 15) is 0 Å². The van der Waals surface area contributed by atoms with Crippen molar-refractivity contribution in [1.29, 1.82) is 0 Å². The van der Waals surface area contributed by atoms with Crippen molar-refractivity contribution in [3.8, 4) is 0 Å². The highest BCUT2D eigenvalue weighted by molar-refractivity contribution is 6.30. The number of halogens is 1. The van der Waals surface area contributed by atoms with Gasteiger partial charge in [0, 0.05) is 23.2 Å². The SMILES string of the molecule is Clc1ccc(CC2C(CNc3ccccc3)=Cc3ccccc32)cc1. The third kappa shape index (κ3) is 3.62. The number of rotatable bonds is 5. The lowest BCUT2D eigenvalue weighted by Gasteiger charge is -2.18. The van der Waals surface area contributed by atoms with E-state index in [2.05, 4.69) is 72.1 Å². The topological polar surface area (TPSA) is 12.0 Å². The Bertz CT molecular complexity index is 881. The highest BCUT2D eigenvalue weighted by Gasteiger charge is 2.24. The van der Waals surface area contributed by atoms with Crippen molar-refractivity contribution in [2.24, 2.45) is 0 Å². The minimum absolute atomic E-state index is 0.411. The van der Waals surface area contributed by atoms with Crippen molar-refractivity contribution in [2.75, 3.05) is 11.9 Å². The van der Waals surface area contributed by atoms with Crippen LogP contribution in [-0.4, -0.2) is 6.54 Å². The van der Waals surface area contributed by atoms with Crippen molar-refractivity contribution < 1.29 is 0 Å². The highest BCUT2D eigenvalue weighted by Crippen LogP contribution is 2.38. The Morgan fingerprint density at radius 2 is 1.52 bits per heavy atom. The van der Waals surface area contributed by atoms with Crippen LogP contribution >= 0.6 is 11.6 Å². The molecule has 25 heavy (non-hydrogen) atoms. The normalized spacial score (nSPS) is 15.6. The van der Waals surface area contributed by atoms with Gasteiger partial charge in [-0.05, 0) is 52.9 Å². The van der Waals surface area contributed by atoms with Crippen LogP contribution in [0, 0.1) is 0 Å². The molecule has 3 aromatic rings. The number of benzene rings is 3. The van der Waals surface area contributed by atoms with Crippen LogP contribution in [0.3, 0.4) is 0 Å². The van der Waals surface area contributed by atoms with Crippen molar-refractivity contribution in [2.45, 2.75) is 12.3 Å². The molecular weight excluding hydrogens is 326 g/mol. The Kier molecular flexibility index (Phi) is 4.58. The summed E-state index contributed by atoms with van der Waals surface area (Å²) in [6.45, 7) is 0.858. The molecule has 0 fully saturated rings. The monoisotopic (exact) mass is 345 g/mol. The lowest BCUT2D eigenvalue weighted by molar-refractivity contribution is 0.792. The zero-order valence-electron chi connectivity index (χ0n) is 14.0. The summed E-state index contributed by atoms with van der Waals surface area (Å²) in [7, 11) is 0. The van der Waals surface area contributed by atoms with Crippen molar-refractivity contribution >= 4 is 23.4 Å². The fourth-order valence-corrected chi connectivity index (χ4v) is 3.62. The van der Waals surface area contributed by atoms with Gasteiger partial charge in [0.05, 0.1) is 0 Å². The Balaban J connectivity index is 1.57. The standard InChI is InChI=1S/C23H20ClN/c24-20-12-10-17(11-13-20)14-23-19(15-18-6-4-5-9-22(18)23)16-25-21-7-2-1-3-8-21/h1-13,15,23,25H,14,16H2. The average molecular weight is 346 g/mol. The molecule has 0 amide bonds. The van der Waals surface area contributed by atoms with Crippen molar-refractivity contribution in [3.63, 3.8) is 0 Å². The van der Waals surface area contributed by atoms with Crippen LogP contribution in [0.5, 0.6) is 0 Å². The second kappa shape index (κ2) is 7.16. The van der Waals surface area contributed by atoms with Crippen LogP contribution in [0.1, 0.15) is 22.6 Å². The minimum Gasteiger partial charge on any atom is -0.381 e. The van der Waals surface area contributed by atoms with E-state index in [0.29, 0.717) is 5.92 Å². The van der Waals surface area contributed by atoms with E-state index < -0.39 is 0 Å². The van der Waals surface area contributed by atoms with Gasteiger partial charge in [-0.3, -0.25) is 0 Å². The smallest absolute Gasteiger partial charge is 0.0406 e. The first-order valence-electron chi connectivity index (χ1n) is 8.62. The highest BCUT2D eigenvalue weighted by atomic mass is 35.5. The van der Waals surface area contributed by atoms with Crippen LogP contribution in [0.25, 0.3) is 6.08 Å². The van der Waals surface area contributed by atoms with Gasteiger partial charge in [-0.25, -0.2) is 0 Å². The molecule has 1 unspecified atom stereocenters. The van der Waals surface area contributed by atoms with E-state index >= 15 is 0 Å². The van der Waals surface area contributed by atoms with E-state index in [1.807, 2.05) is 18.2 Å². The number of nitrogens with one attached hydrogen (secondary N) is 1. The Hall–Kier alpha value is -2.51. The first kappa shape index (κ1) is 16.0. The van der Waals surface area contributed by atoms with Gasteiger partial charge in [-0.1, -0.05) is 72.3 Å². The zero-order chi connectivity index (χ0) is 17.1. The molecule has 2 heteroatoms. The van der Waals surface area contributed by atoms with Crippen LogP contribution < -0.4 is 5.32 Å². The molecular formula is C23H20ClN. The predicted octanol–water partition coefficient (Wildman–Crippen LogP) is 6.18. The van der Waals surface area contributed by atoms with Crippen LogP contribution in [-0.2, 0) is 6.42 Å². The molecule has 0 heterocycles. The maximum atomic E-state index is 6.03. The zero-order valence-corrected chi connectivity index (χ0v) is 14.7. The van der Waals surface area contributed by atoms with E-state index in [1.54, 1.807) is 0 Å². The third-order valence-corrected chi connectivity index (χ3v) is 5.04. The molecule has 0 aromatic heterocycles. The lowest BCUT2D eigenvalue weighted by atomic mass is 9.89. The second-order valence-corrected chi connectivity index (χ2v) is 6.89. The summed E-state index contributed by atoms with van der Waals surface area (Å²) in [6.07, 6.45) is 3.34. The molecule has 124 valence electrons. The average Bonchev–Trinajstić information content (AvgIpc) is 3.00. The molecule has 1 aliphatic carbocycles. The van der Waals surface area contributed by atoms with Crippen LogP contribution in [0.2, 0.25) is 5.02 Å². The summed E-state index contributed by atoms with van der Waals surface area (Å²) in [5.74, 6) is 0.411. The first-order chi connectivity index (χ1) is 12.3. The van der Waals surface area contributed by atoms with E-state index in [-0.39, 0.29) is 0 Å². The summed E-state index contributed by atoms with van der Waals surface area (Å²) in [6, 6.07) is 27.3. The van der Waals surface area contributed by atoms with Gasteiger partial charge in [-0.15, -0.1) is 0 Å². The van der Waals surface area contributed by atoms with Gasteiger partial charge in [0.25, 0.3) is 0 Å². The summed E-state index contributed by atoms with van der Waals surface area (Å²) < 4.78 is 0. The molecule has 0 radical (unpaired) electrons. The van der Waals surface area contributed by atoms with E-state index in [4.69, 9.17) is 11.6 Å². The number of fused-ring (bicyclic) bond motifs is 1. The van der Waals surface area contributed by atoms with E-state index in [0.717, 1.165) is 23.7 Å². The summed E-state index contributed by atoms with van der Waals surface area (Å²) in [5.41, 5.74) is 6.66. The van der Waals surface area contributed by atoms with Crippen LogP contribution in [0.15, 0.2) is 84.4 Å². The number of hydrogen-bond acceptors (Lipinski definition) is 1. The molecule has 4 rings (SSSR count). The minimum atomic E-state index is 0.411. The Labute approximate surface area is 154 Å². The Morgan fingerprint density at radius 3 is 2.32 bits per heavy atom. The first-order valence-corrected chi connectivity index (χ1v) is 9.00. The number of hydrogen-bond donors (Lipinski definition) is 1. The van der Waals surface area contributed by atoms with E-state index in [1.165, 1.54) is 22.3 Å². The van der Waals surface area contributed by atoms with Crippen molar-refractivity contribution in [3.05, 3.63) is 106 Å². The summed E-state index contributed by atoms with van der Waals surface area (Å²) >= 11 is 6.03. The fraction of sp³-hybridized carbons (Fsp3) is 0.130. The molecule has 1 nitrogen and oxygen atoms in total. The quantitative estimate of drug-likeness (QED) is 0.582.